The largest absolute Gasteiger partial charge is 0.493 e. The Morgan fingerprint density at radius 3 is 2.74 bits per heavy atom. The minimum absolute atomic E-state index is 0. The molecule has 0 saturated carbocycles. The van der Waals surface area contributed by atoms with Crippen LogP contribution in [0.5, 0.6) is 11.5 Å². The minimum atomic E-state index is 0. The van der Waals surface area contributed by atoms with Crippen molar-refractivity contribution in [3.05, 3.63) is 22.4 Å². The summed E-state index contributed by atoms with van der Waals surface area (Å²) in [6.45, 7) is 4.54. The van der Waals surface area contributed by atoms with E-state index in [-0.39, 0.29) is 18.4 Å². The summed E-state index contributed by atoms with van der Waals surface area (Å²) in [5.74, 6) is 2.41. The molecule has 0 radical (unpaired) electrons. The van der Waals surface area contributed by atoms with Gasteiger partial charge in [-0.2, -0.15) is 4.98 Å². The molecule has 1 heterocycles. The summed E-state index contributed by atoms with van der Waals surface area (Å²) in [6.07, 6.45) is 0.704. The lowest BCUT2D eigenvalue weighted by atomic mass is 10.2. The van der Waals surface area contributed by atoms with Crippen LogP contribution in [0.15, 0.2) is 21.1 Å². The van der Waals surface area contributed by atoms with E-state index >= 15 is 0 Å². The number of rotatable bonds is 7. The lowest BCUT2D eigenvalue weighted by Crippen LogP contribution is -2.24. The molecular formula is C15H21BrClN3O3. The first kappa shape index (κ1) is 19.7. The van der Waals surface area contributed by atoms with E-state index in [9.17, 15) is 0 Å². The van der Waals surface area contributed by atoms with Crippen LogP contribution in [0, 0.1) is 0 Å². The summed E-state index contributed by atoms with van der Waals surface area (Å²) >= 11 is 3.49. The first-order valence-electron chi connectivity index (χ1n) is 7.09. The molecule has 0 aliphatic carbocycles. The first-order chi connectivity index (χ1) is 10.6. The Kier molecular flexibility index (Phi) is 7.81. The van der Waals surface area contributed by atoms with Gasteiger partial charge < -0.3 is 19.3 Å². The molecule has 23 heavy (non-hydrogen) atoms. The zero-order valence-electron chi connectivity index (χ0n) is 13.6. The first-order valence-corrected chi connectivity index (χ1v) is 7.88. The molecule has 0 amide bonds. The van der Waals surface area contributed by atoms with E-state index in [1.807, 2.05) is 26.1 Å². The highest BCUT2D eigenvalue weighted by molar-refractivity contribution is 9.10. The summed E-state index contributed by atoms with van der Waals surface area (Å²) in [4.78, 5) is 4.43. The number of benzene rings is 1. The van der Waals surface area contributed by atoms with Crippen LogP contribution >= 0.6 is 28.3 Å². The van der Waals surface area contributed by atoms with Crippen LogP contribution in [-0.2, 0) is 6.42 Å². The van der Waals surface area contributed by atoms with E-state index in [1.165, 1.54) is 0 Å². The van der Waals surface area contributed by atoms with Gasteiger partial charge in [0, 0.05) is 18.0 Å². The fourth-order valence-electron chi connectivity index (χ4n) is 1.96. The van der Waals surface area contributed by atoms with Gasteiger partial charge in [-0.25, -0.2) is 0 Å². The van der Waals surface area contributed by atoms with Crippen LogP contribution in [0.2, 0.25) is 0 Å². The second-order valence-corrected chi connectivity index (χ2v) is 5.69. The molecule has 1 aromatic carbocycles. The van der Waals surface area contributed by atoms with Gasteiger partial charge in [-0.05, 0) is 49.0 Å². The van der Waals surface area contributed by atoms with E-state index in [0.29, 0.717) is 36.2 Å². The van der Waals surface area contributed by atoms with E-state index in [1.54, 1.807) is 7.11 Å². The standard InChI is InChI=1S/C15H20BrN3O3.ClH/c1-5-21-14-11(16)7-10(8-12(14)20-4)15-18-13(19-22-15)6-9(2)17-3;/h7-9,17H,5-6H2,1-4H3;1H. The minimum Gasteiger partial charge on any atom is -0.493 e. The average molecular weight is 407 g/mol. The Morgan fingerprint density at radius 1 is 1.39 bits per heavy atom. The number of nitrogens with one attached hydrogen (secondary N) is 1. The molecule has 1 unspecified atom stereocenters. The number of nitrogens with zero attached hydrogens (tertiary/aromatic N) is 2. The highest BCUT2D eigenvalue weighted by Crippen LogP contribution is 2.39. The molecule has 1 N–H and O–H groups in total. The number of halogens is 2. The number of ether oxygens (including phenoxy) is 2. The maximum atomic E-state index is 5.58. The molecule has 128 valence electrons. The van der Waals surface area contributed by atoms with Gasteiger partial charge >= 0.3 is 0 Å². The predicted molar refractivity (Wildman–Crippen MR) is 94.6 cm³/mol. The topological polar surface area (TPSA) is 69.4 Å². The molecule has 0 fully saturated rings. The third kappa shape index (κ3) is 4.83. The Hall–Kier alpha value is -1.31. The lowest BCUT2D eigenvalue weighted by molar-refractivity contribution is 0.309. The lowest BCUT2D eigenvalue weighted by Gasteiger charge is -2.12. The molecule has 2 aromatic rings. The van der Waals surface area contributed by atoms with Crippen LogP contribution in [-0.4, -0.2) is 36.9 Å². The Labute approximate surface area is 150 Å². The third-order valence-electron chi connectivity index (χ3n) is 3.21. The van der Waals surface area contributed by atoms with Gasteiger partial charge in [0.1, 0.15) is 0 Å². The quantitative estimate of drug-likeness (QED) is 0.759. The molecule has 0 spiro atoms. The van der Waals surface area contributed by atoms with Crippen LogP contribution in [0.4, 0.5) is 0 Å². The van der Waals surface area contributed by atoms with Crippen LogP contribution in [0.1, 0.15) is 19.7 Å². The zero-order valence-corrected chi connectivity index (χ0v) is 16.0. The summed E-state index contributed by atoms with van der Waals surface area (Å²) in [6, 6.07) is 3.99. The number of methoxy groups -OCH3 is 1. The van der Waals surface area contributed by atoms with Crippen molar-refractivity contribution in [1.82, 2.24) is 15.5 Å². The molecule has 0 aliphatic heterocycles. The summed E-state index contributed by atoms with van der Waals surface area (Å²) in [5.41, 5.74) is 0.781. The third-order valence-corrected chi connectivity index (χ3v) is 3.80. The van der Waals surface area contributed by atoms with Crippen molar-refractivity contribution in [2.75, 3.05) is 20.8 Å². The van der Waals surface area contributed by atoms with Gasteiger partial charge in [0.2, 0.25) is 0 Å². The van der Waals surface area contributed by atoms with Crippen molar-refractivity contribution in [2.45, 2.75) is 26.3 Å². The molecule has 0 bridgehead atoms. The van der Waals surface area contributed by atoms with Gasteiger partial charge in [-0.15, -0.1) is 12.4 Å². The van der Waals surface area contributed by atoms with E-state index in [4.69, 9.17) is 14.0 Å². The Morgan fingerprint density at radius 2 is 2.13 bits per heavy atom. The Balaban J connectivity index is 0.00000264. The molecule has 6 nitrogen and oxygen atoms in total. The van der Waals surface area contributed by atoms with Crippen molar-refractivity contribution in [3.8, 4) is 23.0 Å². The smallest absolute Gasteiger partial charge is 0.258 e. The maximum Gasteiger partial charge on any atom is 0.258 e. The highest BCUT2D eigenvalue weighted by atomic mass is 79.9. The van der Waals surface area contributed by atoms with Crippen molar-refractivity contribution in [3.63, 3.8) is 0 Å². The fraction of sp³-hybridized carbons (Fsp3) is 0.467. The van der Waals surface area contributed by atoms with Gasteiger partial charge in [0.15, 0.2) is 17.3 Å². The number of likely N-dealkylation sites (N-methyl/N-ethyl adjacent to an activating group) is 1. The summed E-state index contributed by atoms with van der Waals surface area (Å²) in [5, 5.41) is 7.16. The molecule has 0 saturated heterocycles. The van der Waals surface area contributed by atoms with E-state index in [2.05, 4.69) is 38.3 Å². The SMILES string of the molecule is CCOc1c(Br)cc(-c2nc(CC(C)NC)no2)cc1OC.Cl. The molecule has 2 rings (SSSR count). The average Bonchev–Trinajstić information content (AvgIpc) is 2.97. The normalized spacial score (nSPS) is 11.7. The molecule has 8 heteroatoms. The monoisotopic (exact) mass is 405 g/mol. The number of hydrogen-bond acceptors (Lipinski definition) is 6. The second-order valence-electron chi connectivity index (χ2n) is 4.83. The molecule has 1 aromatic heterocycles. The summed E-state index contributed by atoms with van der Waals surface area (Å²) in [7, 11) is 3.50. The Bertz CT molecular complexity index is 636. The van der Waals surface area contributed by atoms with Gasteiger partial charge in [-0.1, -0.05) is 5.16 Å². The fourth-order valence-corrected chi connectivity index (χ4v) is 2.51. The van der Waals surface area contributed by atoms with Gasteiger partial charge in [-0.3, -0.25) is 0 Å². The zero-order chi connectivity index (χ0) is 16.1. The van der Waals surface area contributed by atoms with Crippen LogP contribution in [0.25, 0.3) is 11.5 Å². The molecule has 0 aliphatic rings. The molecule has 1 atom stereocenters. The highest BCUT2D eigenvalue weighted by Gasteiger charge is 2.16. The van der Waals surface area contributed by atoms with Crippen molar-refractivity contribution >= 4 is 28.3 Å². The maximum absolute atomic E-state index is 5.58. The molecular weight excluding hydrogens is 386 g/mol. The van der Waals surface area contributed by atoms with Crippen LogP contribution < -0.4 is 14.8 Å². The van der Waals surface area contributed by atoms with Crippen LogP contribution in [0.3, 0.4) is 0 Å². The number of hydrogen-bond donors (Lipinski definition) is 1. The predicted octanol–water partition coefficient (Wildman–Crippen LogP) is 3.48. The van der Waals surface area contributed by atoms with E-state index < -0.39 is 0 Å². The van der Waals surface area contributed by atoms with Crippen molar-refractivity contribution < 1.29 is 14.0 Å². The second kappa shape index (κ2) is 9.10. The summed E-state index contributed by atoms with van der Waals surface area (Å²) < 4.78 is 17.1. The van der Waals surface area contributed by atoms with Gasteiger partial charge in [0.05, 0.1) is 18.2 Å². The van der Waals surface area contributed by atoms with Gasteiger partial charge in [0.25, 0.3) is 5.89 Å². The van der Waals surface area contributed by atoms with E-state index in [0.717, 1.165) is 10.0 Å². The van der Waals surface area contributed by atoms with Crippen molar-refractivity contribution in [1.29, 1.82) is 0 Å². The number of aromatic nitrogens is 2. The van der Waals surface area contributed by atoms with Crippen molar-refractivity contribution in [2.24, 2.45) is 0 Å².